The maximum atomic E-state index is 12.6. The van der Waals surface area contributed by atoms with Crippen molar-refractivity contribution in [3.8, 4) is 0 Å². The van der Waals surface area contributed by atoms with E-state index in [2.05, 4.69) is 5.32 Å². The number of alkyl halides is 3. The molecule has 0 aromatic heterocycles. The number of rotatable bonds is 2. The van der Waals surface area contributed by atoms with Gasteiger partial charge in [0.1, 0.15) is 0 Å². The lowest BCUT2D eigenvalue weighted by atomic mass is 9.84. The van der Waals surface area contributed by atoms with Gasteiger partial charge < -0.3 is 10.1 Å². The lowest BCUT2D eigenvalue weighted by Crippen LogP contribution is -2.46. The van der Waals surface area contributed by atoms with Crippen LogP contribution in [-0.4, -0.2) is 30.5 Å². The van der Waals surface area contributed by atoms with Gasteiger partial charge in [0.25, 0.3) is 0 Å². The van der Waals surface area contributed by atoms with Gasteiger partial charge in [-0.3, -0.25) is 0 Å². The fourth-order valence-electron chi connectivity index (χ4n) is 3.70. The summed E-state index contributed by atoms with van der Waals surface area (Å²) < 4.78 is 43.4. The average molecular weight is 263 g/mol. The van der Waals surface area contributed by atoms with E-state index in [0.717, 1.165) is 19.3 Å². The van der Waals surface area contributed by atoms with Crippen molar-refractivity contribution >= 4 is 0 Å². The van der Waals surface area contributed by atoms with E-state index in [1.54, 1.807) is 0 Å². The van der Waals surface area contributed by atoms with Gasteiger partial charge in [0.15, 0.2) is 0 Å². The lowest BCUT2D eigenvalue weighted by molar-refractivity contribution is -0.182. The Morgan fingerprint density at radius 3 is 2.17 bits per heavy atom. The first-order valence-corrected chi connectivity index (χ1v) is 7.00. The van der Waals surface area contributed by atoms with Crippen molar-refractivity contribution in [2.45, 2.75) is 75.4 Å². The molecule has 3 aliphatic rings. The van der Waals surface area contributed by atoms with E-state index >= 15 is 0 Å². The monoisotopic (exact) mass is 263 g/mol. The predicted octanol–water partition coefficient (Wildman–Crippen LogP) is 3.02. The molecule has 2 heterocycles. The van der Waals surface area contributed by atoms with Crippen molar-refractivity contribution in [2.24, 2.45) is 5.92 Å². The van der Waals surface area contributed by atoms with E-state index in [4.69, 9.17) is 4.74 Å². The van der Waals surface area contributed by atoms with Crippen molar-refractivity contribution in [3.05, 3.63) is 0 Å². The molecule has 1 aliphatic carbocycles. The first-order chi connectivity index (χ1) is 8.52. The summed E-state index contributed by atoms with van der Waals surface area (Å²) in [6.07, 6.45) is 1.89. The van der Waals surface area contributed by atoms with Crippen molar-refractivity contribution < 1.29 is 17.9 Å². The predicted molar refractivity (Wildman–Crippen MR) is 61.2 cm³/mol. The van der Waals surface area contributed by atoms with Gasteiger partial charge in [-0.15, -0.1) is 0 Å². The molecule has 3 fully saturated rings. The molecule has 1 N–H and O–H groups in total. The van der Waals surface area contributed by atoms with Crippen LogP contribution in [0.25, 0.3) is 0 Å². The summed E-state index contributed by atoms with van der Waals surface area (Å²) in [5.74, 6) is -1.08. The maximum absolute atomic E-state index is 12.6. The van der Waals surface area contributed by atoms with Gasteiger partial charge in [0.2, 0.25) is 0 Å². The molecule has 104 valence electrons. The highest BCUT2D eigenvalue weighted by atomic mass is 19.4. The Labute approximate surface area is 105 Å². The Kier molecular flexibility index (Phi) is 3.30. The molecule has 0 aromatic rings. The summed E-state index contributed by atoms with van der Waals surface area (Å²) >= 11 is 0. The van der Waals surface area contributed by atoms with Gasteiger partial charge in [0.05, 0.1) is 18.1 Å². The molecule has 0 amide bonds. The topological polar surface area (TPSA) is 21.3 Å². The molecule has 0 spiro atoms. The van der Waals surface area contributed by atoms with Crippen LogP contribution in [0.1, 0.15) is 44.9 Å². The Morgan fingerprint density at radius 1 is 0.944 bits per heavy atom. The standard InChI is InChI=1S/C13H20F3NO/c14-13(15,16)8-1-3-9(4-2-8)17-11-7-10-5-6-12(11)18-10/h8-12,17H,1-7H2. The summed E-state index contributed by atoms with van der Waals surface area (Å²) in [6.45, 7) is 0. The maximum Gasteiger partial charge on any atom is 0.391 e. The molecular weight excluding hydrogens is 243 g/mol. The van der Waals surface area contributed by atoms with Gasteiger partial charge >= 0.3 is 6.18 Å². The molecule has 3 unspecified atom stereocenters. The molecule has 0 aromatic carbocycles. The zero-order valence-corrected chi connectivity index (χ0v) is 10.4. The highest BCUT2D eigenvalue weighted by Gasteiger charge is 2.44. The lowest BCUT2D eigenvalue weighted by Gasteiger charge is -2.33. The van der Waals surface area contributed by atoms with Gasteiger partial charge in [-0.2, -0.15) is 13.2 Å². The number of nitrogens with one attached hydrogen (secondary N) is 1. The van der Waals surface area contributed by atoms with Crippen LogP contribution in [0.4, 0.5) is 13.2 Å². The second kappa shape index (κ2) is 4.67. The molecule has 2 aliphatic heterocycles. The molecule has 3 rings (SSSR count). The van der Waals surface area contributed by atoms with Crippen LogP contribution in [-0.2, 0) is 4.74 Å². The van der Waals surface area contributed by atoms with Crippen LogP contribution in [0.2, 0.25) is 0 Å². The van der Waals surface area contributed by atoms with E-state index in [0.29, 0.717) is 31.1 Å². The third-order valence-electron chi connectivity index (χ3n) is 4.75. The van der Waals surface area contributed by atoms with E-state index < -0.39 is 12.1 Å². The highest BCUT2D eigenvalue weighted by molar-refractivity contribution is 4.96. The zero-order chi connectivity index (χ0) is 12.8. The van der Waals surface area contributed by atoms with Crippen LogP contribution >= 0.6 is 0 Å². The van der Waals surface area contributed by atoms with Gasteiger partial charge in [-0.25, -0.2) is 0 Å². The minimum atomic E-state index is -4.00. The zero-order valence-electron chi connectivity index (χ0n) is 10.4. The first-order valence-electron chi connectivity index (χ1n) is 7.00. The third kappa shape index (κ3) is 2.52. The minimum absolute atomic E-state index is 0.261. The second-order valence-corrected chi connectivity index (χ2v) is 5.97. The molecule has 0 radical (unpaired) electrons. The number of ether oxygens (including phenoxy) is 1. The van der Waals surface area contributed by atoms with Crippen molar-refractivity contribution in [2.75, 3.05) is 0 Å². The van der Waals surface area contributed by atoms with Crippen LogP contribution in [0.3, 0.4) is 0 Å². The van der Waals surface area contributed by atoms with E-state index in [1.165, 1.54) is 0 Å². The average Bonchev–Trinajstić information content (AvgIpc) is 2.90. The summed E-state index contributed by atoms with van der Waals surface area (Å²) in [5, 5.41) is 3.53. The van der Waals surface area contributed by atoms with E-state index in [-0.39, 0.29) is 18.9 Å². The van der Waals surface area contributed by atoms with Gasteiger partial charge in [-0.1, -0.05) is 0 Å². The van der Waals surface area contributed by atoms with Crippen LogP contribution in [0.5, 0.6) is 0 Å². The van der Waals surface area contributed by atoms with Gasteiger partial charge in [-0.05, 0) is 44.9 Å². The Bertz CT molecular complexity index is 299. The van der Waals surface area contributed by atoms with Crippen molar-refractivity contribution in [1.29, 1.82) is 0 Å². The SMILES string of the molecule is FC(F)(F)C1CCC(NC2CC3CCC2O3)CC1. The summed E-state index contributed by atoms with van der Waals surface area (Å²) in [5.41, 5.74) is 0. The molecule has 2 nitrogen and oxygen atoms in total. The Morgan fingerprint density at radius 2 is 1.67 bits per heavy atom. The number of hydrogen-bond donors (Lipinski definition) is 1. The van der Waals surface area contributed by atoms with Crippen LogP contribution < -0.4 is 5.32 Å². The highest BCUT2D eigenvalue weighted by Crippen LogP contribution is 2.39. The largest absolute Gasteiger partial charge is 0.391 e. The first kappa shape index (κ1) is 12.7. The van der Waals surface area contributed by atoms with Crippen molar-refractivity contribution in [3.63, 3.8) is 0 Å². The molecule has 1 saturated carbocycles. The number of halogens is 3. The molecule has 3 atom stereocenters. The number of hydrogen-bond acceptors (Lipinski definition) is 2. The van der Waals surface area contributed by atoms with Crippen LogP contribution in [0, 0.1) is 5.92 Å². The fraction of sp³-hybridized carbons (Fsp3) is 1.00. The second-order valence-electron chi connectivity index (χ2n) is 5.97. The molecular formula is C13H20F3NO. The fourth-order valence-corrected chi connectivity index (χ4v) is 3.70. The molecule has 18 heavy (non-hydrogen) atoms. The smallest absolute Gasteiger partial charge is 0.373 e. The third-order valence-corrected chi connectivity index (χ3v) is 4.75. The normalized spacial score (nSPS) is 44.5. The van der Waals surface area contributed by atoms with E-state index in [9.17, 15) is 13.2 Å². The summed E-state index contributed by atoms with van der Waals surface area (Å²) in [4.78, 5) is 0. The Hall–Kier alpha value is -0.290. The van der Waals surface area contributed by atoms with E-state index in [1.807, 2.05) is 0 Å². The van der Waals surface area contributed by atoms with Gasteiger partial charge in [0, 0.05) is 12.1 Å². The van der Waals surface area contributed by atoms with Crippen molar-refractivity contribution in [1.82, 2.24) is 5.32 Å². The molecule has 2 saturated heterocycles. The number of fused-ring (bicyclic) bond motifs is 2. The summed E-state index contributed by atoms with van der Waals surface area (Å²) in [6, 6.07) is 0.646. The quantitative estimate of drug-likeness (QED) is 0.827. The summed E-state index contributed by atoms with van der Waals surface area (Å²) in [7, 11) is 0. The Balaban J connectivity index is 1.46. The minimum Gasteiger partial charge on any atom is -0.373 e. The molecule has 5 heteroatoms. The van der Waals surface area contributed by atoms with Crippen LogP contribution in [0.15, 0.2) is 0 Å². The molecule has 2 bridgehead atoms.